The molecule has 0 saturated carbocycles. The maximum absolute atomic E-state index is 11.7. The number of aliphatic carboxylic acids is 1. The van der Waals surface area contributed by atoms with Crippen molar-refractivity contribution in [2.24, 2.45) is 11.3 Å². The average Bonchev–Trinajstić information content (AvgIpc) is 2.80. The van der Waals surface area contributed by atoms with Crippen LogP contribution in [0.2, 0.25) is 0 Å². The van der Waals surface area contributed by atoms with Crippen LogP contribution in [0.3, 0.4) is 0 Å². The second-order valence-corrected chi connectivity index (χ2v) is 10.3. The summed E-state index contributed by atoms with van der Waals surface area (Å²) in [5, 5.41) is 16.4. The Morgan fingerprint density at radius 2 is 1.97 bits per heavy atom. The number of hydrogen-bond donors (Lipinski definition) is 3. The highest BCUT2D eigenvalue weighted by atomic mass is 16.5. The van der Waals surface area contributed by atoms with Crippen LogP contribution in [0, 0.1) is 11.3 Å². The zero-order valence-corrected chi connectivity index (χ0v) is 20.1. The predicted molar refractivity (Wildman–Crippen MR) is 129 cm³/mol. The summed E-state index contributed by atoms with van der Waals surface area (Å²) >= 11 is 0. The third-order valence-corrected chi connectivity index (χ3v) is 7.31. The van der Waals surface area contributed by atoms with Crippen LogP contribution in [-0.2, 0) is 22.4 Å². The fraction of sp³-hybridized carbons (Fsp3) is 0.769. The zero-order chi connectivity index (χ0) is 22.8. The molecule has 180 valence electrons. The fourth-order valence-electron chi connectivity index (χ4n) is 5.02. The van der Waals surface area contributed by atoms with E-state index in [0.717, 1.165) is 83.5 Å². The number of nitrogens with one attached hydrogen (secondary N) is 2. The molecule has 6 heteroatoms. The highest BCUT2D eigenvalue weighted by Crippen LogP contribution is 2.34. The summed E-state index contributed by atoms with van der Waals surface area (Å²) in [4.78, 5) is 16.5. The van der Waals surface area contributed by atoms with Crippen molar-refractivity contribution in [1.29, 1.82) is 0 Å². The molecule has 1 aromatic heterocycles. The van der Waals surface area contributed by atoms with Crippen LogP contribution in [0.25, 0.3) is 0 Å². The summed E-state index contributed by atoms with van der Waals surface area (Å²) in [6, 6.07) is 3.96. The Balaban J connectivity index is 1.29. The maximum Gasteiger partial charge on any atom is 0.320 e. The molecule has 2 aliphatic heterocycles. The van der Waals surface area contributed by atoms with E-state index in [1.165, 1.54) is 24.1 Å². The number of hydrogen-bond acceptors (Lipinski definition) is 5. The first-order valence-electron chi connectivity index (χ1n) is 12.7. The van der Waals surface area contributed by atoms with Gasteiger partial charge in [-0.15, -0.1) is 0 Å². The van der Waals surface area contributed by atoms with E-state index in [0.29, 0.717) is 12.3 Å². The molecule has 1 aromatic rings. The van der Waals surface area contributed by atoms with Crippen LogP contribution in [0.4, 0.5) is 5.82 Å². The minimum absolute atomic E-state index is 0.0950. The van der Waals surface area contributed by atoms with Crippen LogP contribution in [0.15, 0.2) is 12.1 Å². The van der Waals surface area contributed by atoms with Gasteiger partial charge in [0.25, 0.3) is 0 Å². The minimum atomic E-state index is -0.722. The van der Waals surface area contributed by atoms with E-state index in [2.05, 4.69) is 36.6 Å². The largest absolute Gasteiger partial charge is 0.480 e. The Hall–Kier alpha value is -1.66. The van der Waals surface area contributed by atoms with E-state index >= 15 is 0 Å². The quantitative estimate of drug-likeness (QED) is 0.378. The van der Waals surface area contributed by atoms with Gasteiger partial charge in [-0.2, -0.15) is 0 Å². The number of unbranched alkanes of at least 4 members (excludes halogenated alkanes) is 4. The van der Waals surface area contributed by atoms with Gasteiger partial charge >= 0.3 is 5.97 Å². The monoisotopic (exact) mass is 445 g/mol. The van der Waals surface area contributed by atoms with Crippen molar-refractivity contribution in [2.75, 3.05) is 31.6 Å². The van der Waals surface area contributed by atoms with Crippen molar-refractivity contribution in [3.63, 3.8) is 0 Å². The fourth-order valence-corrected chi connectivity index (χ4v) is 5.02. The Kier molecular flexibility index (Phi) is 9.79. The van der Waals surface area contributed by atoms with Crippen molar-refractivity contribution < 1.29 is 14.6 Å². The zero-order valence-electron chi connectivity index (χ0n) is 20.1. The molecule has 0 amide bonds. The van der Waals surface area contributed by atoms with Gasteiger partial charge in [-0.25, -0.2) is 4.98 Å². The summed E-state index contributed by atoms with van der Waals surface area (Å²) in [6.07, 6.45) is 11.7. The number of carbonyl (C=O) groups is 1. The number of anilines is 1. The summed E-state index contributed by atoms with van der Waals surface area (Å²) in [6.45, 7) is 7.94. The van der Waals surface area contributed by atoms with Gasteiger partial charge in [-0.3, -0.25) is 4.79 Å². The van der Waals surface area contributed by atoms with E-state index in [1.54, 1.807) is 0 Å². The van der Waals surface area contributed by atoms with E-state index in [-0.39, 0.29) is 5.41 Å². The molecule has 0 spiro atoms. The van der Waals surface area contributed by atoms with Crippen LogP contribution in [0.1, 0.15) is 82.9 Å². The number of aryl methyl sites for hydroxylation is 2. The third-order valence-electron chi connectivity index (χ3n) is 7.31. The first-order chi connectivity index (χ1) is 15.5. The van der Waals surface area contributed by atoms with E-state index in [4.69, 9.17) is 9.72 Å². The van der Waals surface area contributed by atoms with E-state index in [9.17, 15) is 9.90 Å². The van der Waals surface area contributed by atoms with Crippen molar-refractivity contribution in [3.8, 4) is 0 Å². The summed E-state index contributed by atoms with van der Waals surface area (Å²) < 4.78 is 5.48. The molecule has 2 aliphatic rings. The van der Waals surface area contributed by atoms with Gasteiger partial charge in [0, 0.05) is 32.0 Å². The molecular weight excluding hydrogens is 402 g/mol. The maximum atomic E-state index is 11.7. The molecule has 0 radical (unpaired) electrons. The molecule has 32 heavy (non-hydrogen) atoms. The second kappa shape index (κ2) is 12.5. The second-order valence-electron chi connectivity index (χ2n) is 10.3. The lowest BCUT2D eigenvalue weighted by Crippen LogP contribution is -2.45. The lowest BCUT2D eigenvalue weighted by atomic mass is 9.74. The minimum Gasteiger partial charge on any atom is -0.480 e. The molecule has 0 unspecified atom stereocenters. The number of pyridine rings is 1. The average molecular weight is 446 g/mol. The highest BCUT2D eigenvalue weighted by molar-refractivity contribution is 5.73. The number of ether oxygens (including phenoxy) is 1. The van der Waals surface area contributed by atoms with Gasteiger partial charge in [0.2, 0.25) is 0 Å². The number of nitrogens with zero attached hydrogens (tertiary/aromatic N) is 1. The predicted octanol–water partition coefficient (Wildman–Crippen LogP) is 4.82. The van der Waals surface area contributed by atoms with Gasteiger partial charge in [-0.05, 0) is 67.9 Å². The van der Waals surface area contributed by atoms with Gasteiger partial charge in [-0.1, -0.05) is 45.6 Å². The number of fused-ring (bicyclic) bond motifs is 1. The van der Waals surface area contributed by atoms with Crippen LogP contribution in [0.5, 0.6) is 0 Å². The van der Waals surface area contributed by atoms with Crippen molar-refractivity contribution in [2.45, 2.75) is 90.5 Å². The van der Waals surface area contributed by atoms with Gasteiger partial charge in [0.05, 0.1) is 0 Å². The van der Waals surface area contributed by atoms with Gasteiger partial charge in [0.1, 0.15) is 11.9 Å². The van der Waals surface area contributed by atoms with Gasteiger partial charge in [0.15, 0.2) is 0 Å². The topological polar surface area (TPSA) is 83.5 Å². The SMILES string of the molecule is CC(C)(CN[C@@H](CCCCCCCc1ccc2c(n1)NCCC2)C(=O)O)C1CCOCC1. The smallest absolute Gasteiger partial charge is 0.320 e. The first kappa shape index (κ1) is 25.0. The van der Waals surface area contributed by atoms with Crippen molar-refractivity contribution >= 4 is 11.8 Å². The normalized spacial score (nSPS) is 18.1. The summed E-state index contributed by atoms with van der Waals surface area (Å²) in [7, 11) is 0. The first-order valence-corrected chi connectivity index (χ1v) is 12.7. The Morgan fingerprint density at radius 3 is 2.75 bits per heavy atom. The van der Waals surface area contributed by atoms with Crippen molar-refractivity contribution in [1.82, 2.24) is 10.3 Å². The third kappa shape index (κ3) is 7.73. The standard InChI is InChI=1S/C26H43N3O3/c1-26(2,21-14-17-32-18-15-21)19-28-23(25(30)31)11-7-5-3-4-6-10-22-13-12-20-9-8-16-27-24(20)29-22/h12-13,21,23,28H,3-11,14-19H2,1-2H3,(H,27,29)(H,30,31)/t23-/m0/s1. The number of carboxylic acid groups (broad SMARTS) is 1. The Bertz CT molecular complexity index is 716. The Morgan fingerprint density at radius 1 is 1.22 bits per heavy atom. The molecule has 1 atom stereocenters. The van der Waals surface area contributed by atoms with Gasteiger partial charge < -0.3 is 20.5 Å². The van der Waals surface area contributed by atoms with Crippen LogP contribution >= 0.6 is 0 Å². The summed E-state index contributed by atoms with van der Waals surface area (Å²) in [5.74, 6) is 0.958. The molecule has 6 nitrogen and oxygen atoms in total. The molecule has 0 bridgehead atoms. The molecule has 1 fully saturated rings. The van der Waals surface area contributed by atoms with E-state index in [1.807, 2.05) is 0 Å². The molecule has 3 rings (SSSR count). The Labute approximate surface area is 193 Å². The van der Waals surface area contributed by atoms with Crippen molar-refractivity contribution in [3.05, 3.63) is 23.4 Å². The number of rotatable bonds is 13. The number of carboxylic acids is 1. The number of aromatic nitrogens is 1. The lowest BCUT2D eigenvalue weighted by Gasteiger charge is -2.37. The van der Waals surface area contributed by atoms with E-state index < -0.39 is 12.0 Å². The lowest BCUT2D eigenvalue weighted by molar-refractivity contribution is -0.139. The molecule has 1 saturated heterocycles. The molecule has 0 aromatic carbocycles. The molecule has 0 aliphatic carbocycles. The molecule has 3 N–H and O–H groups in total. The highest BCUT2D eigenvalue weighted by Gasteiger charge is 2.32. The molecule has 3 heterocycles. The van der Waals surface area contributed by atoms with Crippen LogP contribution < -0.4 is 10.6 Å². The summed E-state index contributed by atoms with van der Waals surface area (Å²) in [5.41, 5.74) is 2.62. The van der Waals surface area contributed by atoms with Crippen LogP contribution in [-0.4, -0.2) is 48.4 Å². The molecular formula is C26H43N3O3.